The van der Waals surface area contributed by atoms with Crippen molar-refractivity contribution in [1.29, 1.82) is 0 Å². The maximum Gasteiger partial charge on any atom is 0.308 e. The third-order valence-electron chi connectivity index (χ3n) is 3.04. The Kier molecular flexibility index (Phi) is 2.48. The first kappa shape index (κ1) is 10.2. The smallest absolute Gasteiger partial charge is 0.308 e. The molecule has 1 aromatic rings. The minimum Gasteiger partial charge on any atom is -0.481 e. The lowest BCUT2D eigenvalue weighted by Crippen LogP contribution is -2.21. The Morgan fingerprint density at radius 1 is 1.67 bits per heavy atom. The summed E-state index contributed by atoms with van der Waals surface area (Å²) in [6.07, 6.45) is 0. The zero-order valence-electron chi connectivity index (χ0n) is 8.90. The van der Waals surface area contributed by atoms with E-state index < -0.39 is 5.97 Å². The summed E-state index contributed by atoms with van der Waals surface area (Å²) in [5, 5.41) is 16.5. The number of carboxylic acids is 1. The number of nitrogens with zero attached hydrogens (tertiary/aromatic N) is 2. The average molecular weight is 209 g/mol. The van der Waals surface area contributed by atoms with Crippen molar-refractivity contribution < 1.29 is 9.90 Å². The predicted octanol–water partition coefficient (Wildman–Crippen LogP) is 0.116. The molecule has 2 atom stereocenters. The molecule has 2 unspecified atom stereocenters. The summed E-state index contributed by atoms with van der Waals surface area (Å²) in [6, 6.07) is 1.97. The Hall–Kier alpha value is -1.36. The molecule has 0 aliphatic carbocycles. The quantitative estimate of drug-likeness (QED) is 0.725. The zero-order chi connectivity index (χ0) is 11.0. The highest BCUT2D eigenvalue weighted by Crippen LogP contribution is 2.27. The van der Waals surface area contributed by atoms with E-state index in [1.54, 1.807) is 4.68 Å². The van der Waals surface area contributed by atoms with Crippen molar-refractivity contribution in [2.45, 2.75) is 12.8 Å². The molecule has 2 N–H and O–H groups in total. The van der Waals surface area contributed by atoms with Crippen LogP contribution in [0.25, 0.3) is 0 Å². The van der Waals surface area contributed by atoms with Crippen LogP contribution < -0.4 is 5.32 Å². The van der Waals surface area contributed by atoms with Crippen LogP contribution in [0.15, 0.2) is 6.07 Å². The van der Waals surface area contributed by atoms with Crippen LogP contribution in [0.4, 0.5) is 0 Å². The molecule has 5 heteroatoms. The number of aryl methyl sites for hydroxylation is 2. The van der Waals surface area contributed by atoms with Crippen LogP contribution >= 0.6 is 0 Å². The first-order valence-corrected chi connectivity index (χ1v) is 5.03. The van der Waals surface area contributed by atoms with E-state index in [4.69, 9.17) is 5.11 Å². The molecule has 0 amide bonds. The fraction of sp³-hybridized carbons (Fsp3) is 0.600. The molecule has 1 saturated heterocycles. The minimum atomic E-state index is -0.742. The van der Waals surface area contributed by atoms with Crippen molar-refractivity contribution in [3.05, 3.63) is 17.5 Å². The van der Waals surface area contributed by atoms with Crippen molar-refractivity contribution >= 4 is 5.97 Å². The van der Waals surface area contributed by atoms with Gasteiger partial charge >= 0.3 is 5.97 Å². The molecule has 2 rings (SSSR count). The van der Waals surface area contributed by atoms with E-state index in [2.05, 4.69) is 10.4 Å². The zero-order valence-corrected chi connectivity index (χ0v) is 8.90. The molecule has 2 heterocycles. The van der Waals surface area contributed by atoms with Crippen LogP contribution in [0.2, 0.25) is 0 Å². The molecule has 0 aromatic carbocycles. The molecule has 0 spiro atoms. The number of aromatic nitrogens is 2. The number of carboxylic acid groups (broad SMARTS) is 1. The molecule has 1 fully saturated rings. The van der Waals surface area contributed by atoms with Gasteiger partial charge in [-0.1, -0.05) is 0 Å². The number of hydrogen-bond acceptors (Lipinski definition) is 3. The van der Waals surface area contributed by atoms with E-state index in [0.29, 0.717) is 13.1 Å². The van der Waals surface area contributed by atoms with E-state index >= 15 is 0 Å². The number of hydrogen-bond donors (Lipinski definition) is 2. The Morgan fingerprint density at radius 3 is 2.93 bits per heavy atom. The molecular weight excluding hydrogens is 194 g/mol. The third kappa shape index (κ3) is 1.74. The van der Waals surface area contributed by atoms with E-state index in [1.165, 1.54) is 0 Å². The predicted molar refractivity (Wildman–Crippen MR) is 54.7 cm³/mol. The van der Waals surface area contributed by atoms with Crippen LogP contribution in [0, 0.1) is 12.8 Å². The maximum absolute atomic E-state index is 11.0. The second-order valence-electron chi connectivity index (χ2n) is 4.04. The van der Waals surface area contributed by atoms with Gasteiger partial charge in [-0.15, -0.1) is 0 Å². The maximum atomic E-state index is 11.0. The fourth-order valence-corrected chi connectivity index (χ4v) is 2.02. The monoisotopic (exact) mass is 209 g/mol. The Labute approximate surface area is 88.1 Å². The lowest BCUT2D eigenvalue weighted by atomic mass is 9.93. The summed E-state index contributed by atoms with van der Waals surface area (Å²) in [4.78, 5) is 11.0. The largest absolute Gasteiger partial charge is 0.481 e. The highest BCUT2D eigenvalue weighted by Gasteiger charge is 2.35. The normalized spacial score (nSPS) is 25.7. The molecule has 1 aliphatic heterocycles. The fourth-order valence-electron chi connectivity index (χ4n) is 2.02. The van der Waals surface area contributed by atoms with Gasteiger partial charge in [0.2, 0.25) is 0 Å². The van der Waals surface area contributed by atoms with Gasteiger partial charge in [0, 0.05) is 31.7 Å². The number of rotatable bonds is 2. The first-order chi connectivity index (χ1) is 7.09. The minimum absolute atomic E-state index is 0.00222. The summed E-state index contributed by atoms with van der Waals surface area (Å²) in [5.41, 5.74) is 1.94. The molecule has 5 nitrogen and oxygen atoms in total. The number of aliphatic carboxylic acids is 1. The molecule has 15 heavy (non-hydrogen) atoms. The molecule has 82 valence electrons. The Morgan fingerprint density at radius 2 is 2.40 bits per heavy atom. The van der Waals surface area contributed by atoms with Gasteiger partial charge in [0.25, 0.3) is 0 Å². The molecule has 0 saturated carbocycles. The van der Waals surface area contributed by atoms with Gasteiger partial charge < -0.3 is 10.4 Å². The second kappa shape index (κ2) is 3.66. The topological polar surface area (TPSA) is 67.2 Å². The van der Waals surface area contributed by atoms with Crippen molar-refractivity contribution in [3.8, 4) is 0 Å². The van der Waals surface area contributed by atoms with E-state index in [1.807, 2.05) is 20.0 Å². The highest BCUT2D eigenvalue weighted by atomic mass is 16.4. The van der Waals surface area contributed by atoms with Crippen LogP contribution in [0.1, 0.15) is 17.3 Å². The number of carbonyl (C=O) groups is 1. The van der Waals surface area contributed by atoms with E-state index in [-0.39, 0.29) is 11.8 Å². The summed E-state index contributed by atoms with van der Waals surface area (Å²) in [5.74, 6) is -1.09. The van der Waals surface area contributed by atoms with E-state index in [0.717, 1.165) is 11.4 Å². The van der Waals surface area contributed by atoms with Gasteiger partial charge in [-0.3, -0.25) is 9.48 Å². The molecular formula is C10H15N3O2. The van der Waals surface area contributed by atoms with Crippen LogP contribution in [-0.4, -0.2) is 33.9 Å². The van der Waals surface area contributed by atoms with Gasteiger partial charge in [-0.05, 0) is 13.0 Å². The van der Waals surface area contributed by atoms with Crippen molar-refractivity contribution in [2.75, 3.05) is 13.1 Å². The van der Waals surface area contributed by atoms with E-state index in [9.17, 15) is 4.79 Å². The summed E-state index contributed by atoms with van der Waals surface area (Å²) in [7, 11) is 1.87. The second-order valence-corrected chi connectivity index (χ2v) is 4.04. The summed E-state index contributed by atoms with van der Waals surface area (Å²) < 4.78 is 1.78. The van der Waals surface area contributed by atoms with Gasteiger partial charge in [0.15, 0.2) is 0 Å². The van der Waals surface area contributed by atoms with Crippen molar-refractivity contribution in [1.82, 2.24) is 15.1 Å². The molecule has 0 bridgehead atoms. The SMILES string of the molecule is Cc1cc(C2CNCC2C(=O)O)nn1C. The Bertz CT molecular complexity index is 367. The van der Waals surface area contributed by atoms with Gasteiger partial charge in [0.05, 0.1) is 11.6 Å². The molecule has 1 aromatic heterocycles. The van der Waals surface area contributed by atoms with Crippen LogP contribution in [-0.2, 0) is 11.8 Å². The van der Waals surface area contributed by atoms with Gasteiger partial charge in [-0.2, -0.15) is 5.10 Å². The standard InChI is InChI=1S/C10H15N3O2/c1-6-3-9(12-13(6)2)7-4-11-5-8(7)10(14)15/h3,7-8,11H,4-5H2,1-2H3,(H,14,15). The average Bonchev–Trinajstić information content (AvgIpc) is 2.73. The summed E-state index contributed by atoms with van der Waals surface area (Å²) in [6.45, 7) is 3.21. The highest BCUT2D eigenvalue weighted by molar-refractivity contribution is 5.72. The lowest BCUT2D eigenvalue weighted by molar-refractivity contribution is -0.141. The van der Waals surface area contributed by atoms with Crippen molar-refractivity contribution in [3.63, 3.8) is 0 Å². The molecule has 0 radical (unpaired) electrons. The third-order valence-corrected chi connectivity index (χ3v) is 3.04. The van der Waals surface area contributed by atoms with Gasteiger partial charge in [-0.25, -0.2) is 0 Å². The summed E-state index contributed by atoms with van der Waals surface area (Å²) >= 11 is 0. The lowest BCUT2D eigenvalue weighted by Gasteiger charge is -2.11. The number of nitrogens with one attached hydrogen (secondary N) is 1. The Balaban J connectivity index is 2.26. The van der Waals surface area contributed by atoms with Gasteiger partial charge in [0.1, 0.15) is 0 Å². The van der Waals surface area contributed by atoms with Crippen LogP contribution in [0.3, 0.4) is 0 Å². The van der Waals surface area contributed by atoms with Crippen molar-refractivity contribution in [2.24, 2.45) is 13.0 Å². The first-order valence-electron chi connectivity index (χ1n) is 5.03. The van der Waals surface area contributed by atoms with Crippen LogP contribution in [0.5, 0.6) is 0 Å². The molecule has 1 aliphatic rings.